The van der Waals surface area contributed by atoms with Crippen molar-refractivity contribution in [2.45, 2.75) is 52.6 Å². The fraction of sp³-hybridized carbons (Fsp3) is 0.647. The first-order chi connectivity index (χ1) is 11.0. The number of hydrogen-bond donors (Lipinski definition) is 2. The van der Waals surface area contributed by atoms with Gasteiger partial charge in [-0.25, -0.2) is 4.79 Å². The molecule has 0 aromatic carbocycles. The highest BCUT2D eigenvalue weighted by Crippen LogP contribution is 2.13. The van der Waals surface area contributed by atoms with E-state index in [1.165, 1.54) is 0 Å². The smallest absolute Gasteiger partial charge is 0.318 e. The Labute approximate surface area is 137 Å². The van der Waals surface area contributed by atoms with Gasteiger partial charge in [0.15, 0.2) is 0 Å². The summed E-state index contributed by atoms with van der Waals surface area (Å²) >= 11 is 0. The van der Waals surface area contributed by atoms with Crippen molar-refractivity contribution in [1.29, 1.82) is 0 Å². The number of nitrogens with zero attached hydrogens (tertiary/aromatic N) is 1. The molecule has 1 saturated heterocycles. The number of urea groups is 1. The molecule has 0 radical (unpaired) electrons. The molecule has 0 bridgehead atoms. The fourth-order valence-electron chi connectivity index (χ4n) is 2.73. The van der Waals surface area contributed by atoms with Crippen LogP contribution in [0.3, 0.4) is 0 Å². The SMILES string of the molecule is CC[C@H](C)[C@H](NC(=O)N1CCCC1)C(=O)NCc1ccoc1C. The van der Waals surface area contributed by atoms with Crippen LogP contribution in [-0.4, -0.2) is 36.0 Å². The van der Waals surface area contributed by atoms with Gasteiger partial charge in [-0.2, -0.15) is 0 Å². The third kappa shape index (κ3) is 4.50. The summed E-state index contributed by atoms with van der Waals surface area (Å²) in [4.78, 5) is 26.6. The summed E-state index contributed by atoms with van der Waals surface area (Å²) in [6.45, 7) is 7.82. The van der Waals surface area contributed by atoms with Gasteiger partial charge in [0.2, 0.25) is 5.91 Å². The van der Waals surface area contributed by atoms with Crippen molar-refractivity contribution in [3.63, 3.8) is 0 Å². The summed E-state index contributed by atoms with van der Waals surface area (Å²) in [5.41, 5.74) is 0.951. The van der Waals surface area contributed by atoms with Crippen LogP contribution in [-0.2, 0) is 11.3 Å². The van der Waals surface area contributed by atoms with Gasteiger partial charge in [0.05, 0.1) is 6.26 Å². The van der Waals surface area contributed by atoms with Crippen LogP contribution < -0.4 is 10.6 Å². The molecule has 0 aliphatic carbocycles. The van der Waals surface area contributed by atoms with Crippen molar-refractivity contribution in [3.05, 3.63) is 23.7 Å². The topological polar surface area (TPSA) is 74.6 Å². The molecule has 2 rings (SSSR count). The van der Waals surface area contributed by atoms with E-state index in [1.54, 1.807) is 11.2 Å². The first-order valence-electron chi connectivity index (χ1n) is 8.39. The number of amides is 3. The van der Waals surface area contributed by atoms with Gasteiger partial charge >= 0.3 is 6.03 Å². The molecular weight excluding hydrogens is 294 g/mol. The molecule has 2 heterocycles. The zero-order chi connectivity index (χ0) is 16.8. The molecule has 6 heteroatoms. The van der Waals surface area contributed by atoms with Crippen LogP contribution in [0.1, 0.15) is 44.4 Å². The van der Waals surface area contributed by atoms with E-state index in [-0.39, 0.29) is 17.9 Å². The zero-order valence-electron chi connectivity index (χ0n) is 14.2. The molecule has 3 amide bonds. The third-order valence-corrected chi connectivity index (χ3v) is 4.59. The molecule has 1 aromatic heterocycles. The predicted molar refractivity (Wildman–Crippen MR) is 87.9 cm³/mol. The highest BCUT2D eigenvalue weighted by Gasteiger charge is 2.28. The van der Waals surface area contributed by atoms with Gasteiger partial charge in [0, 0.05) is 25.2 Å². The number of hydrogen-bond acceptors (Lipinski definition) is 3. The summed E-state index contributed by atoms with van der Waals surface area (Å²) in [7, 11) is 0. The number of aryl methyl sites for hydroxylation is 1. The number of nitrogens with one attached hydrogen (secondary N) is 2. The maximum Gasteiger partial charge on any atom is 0.318 e. The van der Waals surface area contributed by atoms with Crippen LogP contribution in [0.4, 0.5) is 4.79 Å². The van der Waals surface area contributed by atoms with Gasteiger partial charge in [-0.1, -0.05) is 20.3 Å². The van der Waals surface area contributed by atoms with E-state index in [0.29, 0.717) is 6.54 Å². The average molecular weight is 321 g/mol. The summed E-state index contributed by atoms with van der Waals surface area (Å²) < 4.78 is 5.23. The lowest BCUT2D eigenvalue weighted by Crippen LogP contribution is -2.53. The molecular formula is C17H27N3O3. The molecule has 2 N–H and O–H groups in total. The van der Waals surface area contributed by atoms with Crippen LogP contribution in [0.15, 0.2) is 16.7 Å². The van der Waals surface area contributed by atoms with E-state index >= 15 is 0 Å². The third-order valence-electron chi connectivity index (χ3n) is 4.59. The molecule has 1 aliphatic heterocycles. The van der Waals surface area contributed by atoms with Gasteiger partial charge in [-0.15, -0.1) is 0 Å². The maximum absolute atomic E-state index is 12.5. The lowest BCUT2D eigenvalue weighted by atomic mass is 9.98. The summed E-state index contributed by atoms with van der Waals surface area (Å²) in [6, 6.07) is 1.19. The Bertz CT molecular complexity index is 535. The Morgan fingerprint density at radius 1 is 1.35 bits per heavy atom. The van der Waals surface area contributed by atoms with Crippen LogP contribution in [0.25, 0.3) is 0 Å². The van der Waals surface area contributed by atoms with Crippen LogP contribution in [0.5, 0.6) is 0 Å². The maximum atomic E-state index is 12.5. The van der Waals surface area contributed by atoms with E-state index in [0.717, 1.165) is 43.7 Å². The molecule has 1 aliphatic rings. The molecule has 0 unspecified atom stereocenters. The van der Waals surface area contributed by atoms with Crippen molar-refractivity contribution >= 4 is 11.9 Å². The minimum absolute atomic E-state index is 0.0759. The highest BCUT2D eigenvalue weighted by molar-refractivity contribution is 5.87. The number of likely N-dealkylation sites (tertiary alicyclic amines) is 1. The molecule has 1 fully saturated rings. The summed E-state index contributed by atoms with van der Waals surface area (Å²) in [5.74, 6) is 0.728. The van der Waals surface area contributed by atoms with Crippen LogP contribution in [0, 0.1) is 12.8 Å². The van der Waals surface area contributed by atoms with E-state index in [2.05, 4.69) is 10.6 Å². The van der Waals surface area contributed by atoms with Crippen LogP contribution in [0.2, 0.25) is 0 Å². The first kappa shape index (κ1) is 17.4. The Morgan fingerprint density at radius 3 is 2.61 bits per heavy atom. The molecule has 23 heavy (non-hydrogen) atoms. The molecule has 0 saturated carbocycles. The average Bonchev–Trinajstić information content (AvgIpc) is 3.21. The minimum atomic E-state index is -0.514. The predicted octanol–water partition coefficient (Wildman–Crippen LogP) is 2.42. The number of rotatable bonds is 6. The van der Waals surface area contributed by atoms with E-state index in [1.807, 2.05) is 26.8 Å². The largest absolute Gasteiger partial charge is 0.469 e. The Kier molecular flexibility index (Phi) is 6.07. The van der Waals surface area contributed by atoms with E-state index < -0.39 is 6.04 Å². The van der Waals surface area contributed by atoms with Crippen molar-refractivity contribution in [2.75, 3.05) is 13.1 Å². The standard InChI is InChI=1S/C17H27N3O3/c1-4-12(2)15(19-17(22)20-8-5-6-9-20)16(21)18-11-14-7-10-23-13(14)3/h7,10,12,15H,4-6,8-9,11H2,1-3H3,(H,18,21)(H,19,22)/t12-,15-/m0/s1. The van der Waals surface area contributed by atoms with Crippen molar-refractivity contribution in [3.8, 4) is 0 Å². The Hall–Kier alpha value is -1.98. The second-order valence-corrected chi connectivity index (χ2v) is 6.23. The van der Waals surface area contributed by atoms with Gasteiger partial charge in [-0.3, -0.25) is 4.79 Å². The summed E-state index contributed by atoms with van der Waals surface area (Å²) in [5, 5.41) is 5.81. The van der Waals surface area contributed by atoms with Crippen molar-refractivity contribution in [2.24, 2.45) is 5.92 Å². The second-order valence-electron chi connectivity index (χ2n) is 6.23. The quantitative estimate of drug-likeness (QED) is 0.845. The minimum Gasteiger partial charge on any atom is -0.469 e. The van der Waals surface area contributed by atoms with E-state index in [9.17, 15) is 9.59 Å². The number of carbonyl (C=O) groups is 2. The zero-order valence-corrected chi connectivity index (χ0v) is 14.2. The number of carbonyl (C=O) groups excluding carboxylic acids is 2. The monoisotopic (exact) mass is 321 g/mol. The van der Waals surface area contributed by atoms with Crippen molar-refractivity contribution < 1.29 is 14.0 Å². The number of furan rings is 1. The van der Waals surface area contributed by atoms with Gasteiger partial charge in [-0.05, 0) is 31.7 Å². The molecule has 128 valence electrons. The van der Waals surface area contributed by atoms with Gasteiger partial charge in [0.1, 0.15) is 11.8 Å². The first-order valence-corrected chi connectivity index (χ1v) is 8.39. The molecule has 0 spiro atoms. The normalized spacial score (nSPS) is 16.9. The highest BCUT2D eigenvalue weighted by atomic mass is 16.3. The van der Waals surface area contributed by atoms with Gasteiger partial charge < -0.3 is 20.0 Å². The van der Waals surface area contributed by atoms with Crippen molar-refractivity contribution in [1.82, 2.24) is 15.5 Å². The van der Waals surface area contributed by atoms with Crippen LogP contribution >= 0.6 is 0 Å². The molecule has 1 aromatic rings. The second kappa shape index (κ2) is 8.04. The summed E-state index contributed by atoms with van der Waals surface area (Å²) in [6.07, 6.45) is 4.50. The Balaban J connectivity index is 1.94. The molecule has 6 nitrogen and oxygen atoms in total. The Morgan fingerprint density at radius 2 is 2.04 bits per heavy atom. The molecule has 2 atom stereocenters. The lowest BCUT2D eigenvalue weighted by molar-refractivity contribution is -0.124. The van der Waals surface area contributed by atoms with Gasteiger partial charge in [0.25, 0.3) is 0 Å². The fourth-order valence-corrected chi connectivity index (χ4v) is 2.73. The lowest BCUT2D eigenvalue weighted by Gasteiger charge is -2.26. The van der Waals surface area contributed by atoms with E-state index in [4.69, 9.17) is 4.42 Å².